The first-order chi connectivity index (χ1) is 8.83. The van der Waals surface area contributed by atoms with Gasteiger partial charge in [-0.1, -0.05) is 6.07 Å². The Morgan fingerprint density at radius 1 is 1.47 bits per heavy atom. The van der Waals surface area contributed by atoms with Crippen molar-refractivity contribution in [2.45, 2.75) is 6.42 Å². The second kappa shape index (κ2) is 6.04. The van der Waals surface area contributed by atoms with Crippen molar-refractivity contribution < 1.29 is 4.79 Å². The molecule has 0 bridgehead atoms. The van der Waals surface area contributed by atoms with Crippen LogP contribution in [0.2, 0.25) is 0 Å². The molecule has 6 heteroatoms. The van der Waals surface area contributed by atoms with Gasteiger partial charge in [-0.25, -0.2) is 4.98 Å². The Morgan fingerprint density at radius 2 is 2.32 bits per heavy atom. The van der Waals surface area contributed by atoms with E-state index in [4.69, 9.17) is 0 Å². The van der Waals surface area contributed by atoms with Gasteiger partial charge in [-0.2, -0.15) is 0 Å². The summed E-state index contributed by atoms with van der Waals surface area (Å²) >= 11 is 0. The van der Waals surface area contributed by atoms with Crippen molar-refractivity contribution in [1.29, 1.82) is 0 Å². The summed E-state index contributed by atoms with van der Waals surface area (Å²) < 4.78 is 1.99. The molecule has 2 aromatic heterocycles. The van der Waals surface area contributed by atoms with E-state index in [1.54, 1.807) is 0 Å². The molecule has 1 fully saturated rings. The van der Waals surface area contributed by atoms with E-state index in [9.17, 15) is 4.79 Å². The maximum atomic E-state index is 11.6. The normalized spacial score (nSPS) is 14.7. The number of halogens is 1. The summed E-state index contributed by atoms with van der Waals surface area (Å²) in [5.41, 5.74) is 1.95. The van der Waals surface area contributed by atoms with E-state index in [0.717, 1.165) is 30.9 Å². The molecule has 0 aromatic carbocycles. The van der Waals surface area contributed by atoms with Crippen LogP contribution in [-0.4, -0.2) is 34.9 Å². The second-order valence-corrected chi connectivity index (χ2v) is 4.59. The quantitative estimate of drug-likeness (QED) is 0.864. The number of rotatable bonds is 4. The summed E-state index contributed by atoms with van der Waals surface area (Å²) in [5, 5.41) is 6.04. The van der Waals surface area contributed by atoms with Gasteiger partial charge in [-0.15, -0.1) is 12.4 Å². The minimum atomic E-state index is 0. The predicted octanol–water partition coefficient (Wildman–Crippen LogP) is 0.634. The lowest BCUT2D eigenvalue weighted by Gasteiger charge is -2.25. The summed E-state index contributed by atoms with van der Waals surface area (Å²) in [6, 6.07) is 5.92. The number of nitrogens with one attached hydrogen (secondary N) is 2. The number of imidazole rings is 1. The van der Waals surface area contributed by atoms with Crippen molar-refractivity contribution >= 4 is 24.0 Å². The number of pyridine rings is 1. The molecule has 0 saturated carbocycles. The second-order valence-electron chi connectivity index (χ2n) is 4.59. The van der Waals surface area contributed by atoms with Crippen LogP contribution in [0.25, 0.3) is 5.65 Å². The van der Waals surface area contributed by atoms with Crippen LogP contribution in [0.1, 0.15) is 5.69 Å². The zero-order valence-electron chi connectivity index (χ0n) is 10.5. The van der Waals surface area contributed by atoms with Crippen molar-refractivity contribution in [1.82, 2.24) is 20.0 Å². The fourth-order valence-electron chi connectivity index (χ4n) is 2.04. The number of carbonyl (C=O) groups is 1. The van der Waals surface area contributed by atoms with Gasteiger partial charge < -0.3 is 15.0 Å². The van der Waals surface area contributed by atoms with Gasteiger partial charge in [0.15, 0.2) is 0 Å². The summed E-state index contributed by atoms with van der Waals surface area (Å²) in [4.78, 5) is 16.1. The van der Waals surface area contributed by atoms with Crippen molar-refractivity contribution in [2.24, 2.45) is 5.92 Å². The number of fused-ring (bicyclic) bond motifs is 1. The van der Waals surface area contributed by atoms with E-state index < -0.39 is 0 Å². The highest BCUT2D eigenvalue weighted by molar-refractivity contribution is 5.85. The predicted molar refractivity (Wildman–Crippen MR) is 75.5 cm³/mol. The van der Waals surface area contributed by atoms with E-state index in [1.807, 2.05) is 35.0 Å². The Labute approximate surface area is 117 Å². The lowest BCUT2D eigenvalue weighted by Crippen LogP contribution is -2.51. The third kappa shape index (κ3) is 3.05. The first kappa shape index (κ1) is 13.8. The molecule has 0 aliphatic carbocycles. The van der Waals surface area contributed by atoms with Gasteiger partial charge in [-0.3, -0.25) is 4.79 Å². The first-order valence-corrected chi connectivity index (χ1v) is 6.24. The maximum absolute atomic E-state index is 11.6. The SMILES string of the molecule is Cl.O=C(NCCc1cn2ccccc2n1)C1CNC1. The molecule has 3 heterocycles. The summed E-state index contributed by atoms with van der Waals surface area (Å²) in [5.74, 6) is 0.309. The third-order valence-corrected chi connectivity index (χ3v) is 3.25. The Balaban J connectivity index is 0.00000133. The molecule has 2 N–H and O–H groups in total. The van der Waals surface area contributed by atoms with E-state index in [0.29, 0.717) is 6.54 Å². The van der Waals surface area contributed by atoms with Gasteiger partial charge in [0, 0.05) is 38.4 Å². The number of hydrogen-bond acceptors (Lipinski definition) is 3. The van der Waals surface area contributed by atoms with Crippen molar-refractivity contribution in [3.05, 3.63) is 36.3 Å². The highest BCUT2D eigenvalue weighted by Gasteiger charge is 2.24. The van der Waals surface area contributed by atoms with Crippen molar-refractivity contribution in [2.75, 3.05) is 19.6 Å². The van der Waals surface area contributed by atoms with Crippen LogP contribution in [-0.2, 0) is 11.2 Å². The molecule has 0 unspecified atom stereocenters. The van der Waals surface area contributed by atoms with Gasteiger partial charge in [0.05, 0.1) is 11.6 Å². The highest BCUT2D eigenvalue weighted by atomic mass is 35.5. The Hall–Kier alpha value is -1.59. The van der Waals surface area contributed by atoms with E-state index in [-0.39, 0.29) is 24.2 Å². The van der Waals surface area contributed by atoms with Crippen LogP contribution in [0.5, 0.6) is 0 Å². The Bertz CT molecular complexity index is 532. The third-order valence-electron chi connectivity index (χ3n) is 3.25. The van der Waals surface area contributed by atoms with E-state index >= 15 is 0 Å². The molecular weight excluding hydrogens is 264 g/mol. The van der Waals surface area contributed by atoms with E-state index in [1.165, 1.54) is 0 Å². The fourth-order valence-corrected chi connectivity index (χ4v) is 2.04. The molecule has 19 heavy (non-hydrogen) atoms. The van der Waals surface area contributed by atoms with Crippen LogP contribution in [0.4, 0.5) is 0 Å². The van der Waals surface area contributed by atoms with Crippen LogP contribution < -0.4 is 10.6 Å². The smallest absolute Gasteiger partial charge is 0.225 e. The standard InChI is InChI=1S/C13H16N4O.ClH/c18-13(10-7-14-8-10)15-5-4-11-9-17-6-2-1-3-12(17)16-11;/h1-3,6,9-10,14H,4-5,7-8H2,(H,15,18);1H. The lowest BCUT2D eigenvalue weighted by atomic mass is 10.0. The van der Waals surface area contributed by atoms with Gasteiger partial charge >= 0.3 is 0 Å². The number of hydrogen-bond donors (Lipinski definition) is 2. The van der Waals surface area contributed by atoms with Crippen molar-refractivity contribution in [3.63, 3.8) is 0 Å². The molecule has 3 rings (SSSR count). The van der Waals surface area contributed by atoms with Crippen molar-refractivity contribution in [3.8, 4) is 0 Å². The molecule has 2 aromatic rings. The number of nitrogens with zero attached hydrogens (tertiary/aromatic N) is 2. The minimum Gasteiger partial charge on any atom is -0.355 e. The summed E-state index contributed by atoms with van der Waals surface area (Å²) in [6.45, 7) is 2.26. The Kier molecular flexibility index (Phi) is 4.39. The van der Waals surface area contributed by atoms with E-state index in [2.05, 4.69) is 15.6 Å². The van der Waals surface area contributed by atoms with Crippen LogP contribution >= 0.6 is 12.4 Å². The van der Waals surface area contributed by atoms with Gasteiger partial charge in [-0.05, 0) is 12.1 Å². The van der Waals surface area contributed by atoms with Crippen LogP contribution in [0.3, 0.4) is 0 Å². The Morgan fingerprint density at radius 3 is 3.00 bits per heavy atom. The number of aromatic nitrogens is 2. The van der Waals surface area contributed by atoms with Crippen LogP contribution in [0.15, 0.2) is 30.6 Å². The molecule has 5 nitrogen and oxygen atoms in total. The monoisotopic (exact) mass is 280 g/mol. The molecule has 1 saturated heterocycles. The molecular formula is C13H17ClN4O. The van der Waals surface area contributed by atoms with Gasteiger partial charge in [0.25, 0.3) is 0 Å². The molecule has 0 spiro atoms. The summed E-state index contributed by atoms with van der Waals surface area (Å²) in [7, 11) is 0. The molecule has 1 amide bonds. The maximum Gasteiger partial charge on any atom is 0.225 e. The number of carbonyl (C=O) groups excluding carboxylic acids is 1. The van der Waals surface area contributed by atoms with Crippen LogP contribution in [0, 0.1) is 5.92 Å². The molecule has 1 aliphatic heterocycles. The zero-order chi connectivity index (χ0) is 12.4. The highest BCUT2D eigenvalue weighted by Crippen LogP contribution is 2.05. The molecule has 0 atom stereocenters. The molecule has 1 aliphatic rings. The zero-order valence-corrected chi connectivity index (χ0v) is 11.3. The fraction of sp³-hybridized carbons (Fsp3) is 0.385. The largest absolute Gasteiger partial charge is 0.355 e. The topological polar surface area (TPSA) is 58.4 Å². The summed E-state index contributed by atoms with van der Waals surface area (Å²) in [6.07, 6.45) is 4.75. The average molecular weight is 281 g/mol. The van der Waals surface area contributed by atoms with Gasteiger partial charge in [0.1, 0.15) is 5.65 Å². The average Bonchev–Trinajstić information content (AvgIpc) is 2.69. The lowest BCUT2D eigenvalue weighted by molar-refractivity contribution is -0.126. The molecule has 0 radical (unpaired) electrons. The van der Waals surface area contributed by atoms with Gasteiger partial charge in [0.2, 0.25) is 5.91 Å². The number of amides is 1. The first-order valence-electron chi connectivity index (χ1n) is 6.24. The molecule has 102 valence electrons. The minimum absolute atomic E-state index is 0.